The van der Waals surface area contributed by atoms with E-state index >= 15 is 0 Å². The number of ether oxygens (including phenoxy) is 1. The van der Waals surface area contributed by atoms with Crippen molar-refractivity contribution >= 4 is 21.9 Å². The van der Waals surface area contributed by atoms with Gasteiger partial charge in [0.1, 0.15) is 11.6 Å². The Balaban J connectivity index is 1.99. The number of carbonyl (C=O) groups excluding carboxylic acids is 1. The molecule has 0 radical (unpaired) electrons. The van der Waals surface area contributed by atoms with Gasteiger partial charge in [-0.2, -0.15) is 0 Å². The van der Waals surface area contributed by atoms with Gasteiger partial charge in [-0.3, -0.25) is 0 Å². The lowest BCUT2D eigenvalue weighted by Gasteiger charge is -2.11. The van der Waals surface area contributed by atoms with Gasteiger partial charge in [0, 0.05) is 29.0 Å². The molecule has 0 aliphatic rings. The van der Waals surface area contributed by atoms with Gasteiger partial charge in [0.2, 0.25) is 0 Å². The summed E-state index contributed by atoms with van der Waals surface area (Å²) in [7, 11) is 1.35. The van der Waals surface area contributed by atoms with E-state index in [0.717, 1.165) is 5.56 Å². The Bertz CT molecular complexity index is 872. The van der Waals surface area contributed by atoms with Crippen LogP contribution in [-0.4, -0.2) is 22.6 Å². The summed E-state index contributed by atoms with van der Waals surface area (Å²) in [6.07, 6.45) is 3.44. The number of esters is 1. The number of rotatable bonds is 4. The second kappa shape index (κ2) is 6.97. The van der Waals surface area contributed by atoms with Crippen LogP contribution in [0.15, 0.2) is 59.3 Å². The van der Waals surface area contributed by atoms with Crippen molar-refractivity contribution in [1.82, 2.24) is 9.55 Å². The van der Waals surface area contributed by atoms with Gasteiger partial charge in [-0.15, -0.1) is 0 Å². The van der Waals surface area contributed by atoms with Crippen LogP contribution in [0, 0.1) is 5.82 Å². The molecule has 0 atom stereocenters. The van der Waals surface area contributed by atoms with Gasteiger partial charge in [0.25, 0.3) is 0 Å². The molecule has 3 aromatic rings. The van der Waals surface area contributed by atoms with Crippen molar-refractivity contribution < 1.29 is 13.9 Å². The van der Waals surface area contributed by atoms with Crippen molar-refractivity contribution in [2.75, 3.05) is 7.11 Å². The molecular weight excluding hydrogens is 375 g/mol. The minimum absolute atomic E-state index is 0.344. The van der Waals surface area contributed by atoms with Crippen LogP contribution in [0.25, 0.3) is 11.4 Å². The number of methoxy groups -OCH3 is 1. The monoisotopic (exact) mass is 388 g/mol. The molecule has 0 amide bonds. The summed E-state index contributed by atoms with van der Waals surface area (Å²) in [5.41, 5.74) is 1.96. The van der Waals surface area contributed by atoms with E-state index in [4.69, 9.17) is 4.74 Å². The molecule has 0 aliphatic heterocycles. The third-order valence-corrected chi connectivity index (χ3v) is 4.06. The Morgan fingerprint density at radius 3 is 2.83 bits per heavy atom. The number of carbonyl (C=O) groups is 1. The van der Waals surface area contributed by atoms with Crippen LogP contribution < -0.4 is 0 Å². The van der Waals surface area contributed by atoms with Gasteiger partial charge < -0.3 is 9.30 Å². The van der Waals surface area contributed by atoms with Crippen molar-refractivity contribution in [2.45, 2.75) is 6.54 Å². The zero-order valence-corrected chi connectivity index (χ0v) is 14.5. The van der Waals surface area contributed by atoms with Crippen molar-refractivity contribution in [3.8, 4) is 11.4 Å². The lowest BCUT2D eigenvalue weighted by molar-refractivity contribution is 0.0599. The summed E-state index contributed by atoms with van der Waals surface area (Å²) in [5, 5.41) is 0. The van der Waals surface area contributed by atoms with Gasteiger partial charge in [-0.1, -0.05) is 34.1 Å². The summed E-state index contributed by atoms with van der Waals surface area (Å²) >= 11 is 3.29. The van der Waals surface area contributed by atoms with Crippen LogP contribution >= 0.6 is 15.9 Å². The van der Waals surface area contributed by atoms with Gasteiger partial charge in [-0.05, 0) is 29.8 Å². The van der Waals surface area contributed by atoms with Crippen LogP contribution in [-0.2, 0) is 11.3 Å². The third kappa shape index (κ3) is 3.38. The van der Waals surface area contributed by atoms with Crippen LogP contribution in [0.2, 0.25) is 0 Å². The molecule has 0 N–H and O–H groups in total. The number of benzene rings is 2. The van der Waals surface area contributed by atoms with E-state index in [2.05, 4.69) is 20.9 Å². The SMILES string of the molecule is COC(=O)c1ccccc1Cn1ccnc1-c1cc(F)cc(Br)c1. The Morgan fingerprint density at radius 2 is 2.08 bits per heavy atom. The standard InChI is InChI=1S/C18H14BrFN2O2/c1-24-18(23)16-5-3-2-4-12(16)11-22-7-6-21-17(22)13-8-14(19)10-15(20)9-13/h2-10H,11H2,1H3. The molecule has 0 unspecified atom stereocenters. The second-order valence-corrected chi connectivity index (χ2v) is 6.10. The van der Waals surface area contributed by atoms with Gasteiger partial charge in [0.15, 0.2) is 0 Å². The van der Waals surface area contributed by atoms with Crippen molar-refractivity contribution in [3.05, 3.63) is 76.3 Å². The summed E-state index contributed by atoms with van der Waals surface area (Å²) in [6.45, 7) is 0.425. The van der Waals surface area contributed by atoms with Gasteiger partial charge >= 0.3 is 5.97 Å². The van der Waals surface area contributed by atoms with Crippen molar-refractivity contribution in [1.29, 1.82) is 0 Å². The number of halogens is 2. The fourth-order valence-electron chi connectivity index (χ4n) is 2.53. The highest BCUT2D eigenvalue weighted by atomic mass is 79.9. The number of imidazole rings is 1. The van der Waals surface area contributed by atoms with Crippen LogP contribution in [0.3, 0.4) is 0 Å². The molecule has 0 saturated heterocycles. The predicted molar refractivity (Wildman–Crippen MR) is 92.2 cm³/mol. The summed E-state index contributed by atoms with van der Waals surface area (Å²) in [5.74, 6) is -0.112. The van der Waals surface area contributed by atoms with E-state index in [1.54, 1.807) is 30.6 Å². The first-order chi connectivity index (χ1) is 11.6. The average Bonchev–Trinajstić information content (AvgIpc) is 3.02. The molecule has 122 valence electrons. The minimum atomic E-state index is -0.388. The number of aromatic nitrogens is 2. The fraction of sp³-hybridized carbons (Fsp3) is 0.111. The van der Waals surface area contributed by atoms with E-state index in [-0.39, 0.29) is 11.8 Å². The Morgan fingerprint density at radius 1 is 1.29 bits per heavy atom. The molecule has 4 nitrogen and oxygen atoms in total. The van der Waals surface area contributed by atoms with Crippen LogP contribution in [0.1, 0.15) is 15.9 Å². The quantitative estimate of drug-likeness (QED) is 0.626. The zero-order valence-electron chi connectivity index (χ0n) is 12.9. The summed E-state index contributed by atoms with van der Waals surface area (Å²) in [4.78, 5) is 16.2. The number of hydrogen-bond donors (Lipinski definition) is 0. The molecule has 0 aliphatic carbocycles. The van der Waals surface area contributed by atoms with E-state index in [0.29, 0.717) is 28.0 Å². The highest BCUT2D eigenvalue weighted by molar-refractivity contribution is 9.10. The Labute approximate surface area is 147 Å². The van der Waals surface area contributed by atoms with Crippen LogP contribution in [0.4, 0.5) is 4.39 Å². The van der Waals surface area contributed by atoms with E-state index in [1.807, 2.05) is 16.7 Å². The third-order valence-electron chi connectivity index (χ3n) is 3.60. The molecule has 3 rings (SSSR count). The lowest BCUT2D eigenvalue weighted by atomic mass is 10.1. The Hall–Kier alpha value is -2.47. The summed E-state index contributed by atoms with van der Waals surface area (Å²) < 4.78 is 21.0. The first-order valence-corrected chi connectivity index (χ1v) is 8.01. The maximum absolute atomic E-state index is 13.7. The molecule has 6 heteroatoms. The molecule has 1 heterocycles. The highest BCUT2D eigenvalue weighted by Gasteiger charge is 2.14. The van der Waals surface area contributed by atoms with Crippen molar-refractivity contribution in [2.24, 2.45) is 0 Å². The van der Waals surface area contributed by atoms with E-state index < -0.39 is 0 Å². The molecule has 24 heavy (non-hydrogen) atoms. The maximum atomic E-state index is 13.7. The first kappa shape index (κ1) is 16.4. The molecule has 2 aromatic carbocycles. The Kier molecular flexibility index (Phi) is 4.76. The molecule has 0 bridgehead atoms. The minimum Gasteiger partial charge on any atom is -0.465 e. The highest BCUT2D eigenvalue weighted by Crippen LogP contribution is 2.24. The zero-order chi connectivity index (χ0) is 17.1. The number of hydrogen-bond acceptors (Lipinski definition) is 3. The molecular formula is C18H14BrFN2O2. The molecule has 1 aromatic heterocycles. The summed E-state index contributed by atoms with van der Waals surface area (Å²) in [6, 6.07) is 11.8. The smallest absolute Gasteiger partial charge is 0.338 e. The molecule has 0 saturated carbocycles. The fourth-order valence-corrected chi connectivity index (χ4v) is 3.00. The van der Waals surface area contributed by atoms with Crippen LogP contribution in [0.5, 0.6) is 0 Å². The first-order valence-electron chi connectivity index (χ1n) is 7.22. The van der Waals surface area contributed by atoms with Crippen molar-refractivity contribution in [3.63, 3.8) is 0 Å². The van der Waals surface area contributed by atoms with E-state index in [1.165, 1.54) is 19.2 Å². The topological polar surface area (TPSA) is 44.1 Å². The van der Waals surface area contributed by atoms with E-state index in [9.17, 15) is 9.18 Å². The van der Waals surface area contributed by atoms with Gasteiger partial charge in [0.05, 0.1) is 12.7 Å². The lowest BCUT2D eigenvalue weighted by Crippen LogP contribution is -2.09. The maximum Gasteiger partial charge on any atom is 0.338 e. The second-order valence-electron chi connectivity index (χ2n) is 5.19. The normalized spacial score (nSPS) is 10.6. The molecule has 0 fully saturated rings. The average molecular weight is 389 g/mol. The largest absolute Gasteiger partial charge is 0.465 e. The number of nitrogens with zero attached hydrogens (tertiary/aromatic N) is 2. The molecule has 0 spiro atoms. The van der Waals surface area contributed by atoms with Gasteiger partial charge in [-0.25, -0.2) is 14.2 Å². The predicted octanol–water partition coefficient (Wildman–Crippen LogP) is 4.29.